The van der Waals surface area contributed by atoms with Crippen molar-refractivity contribution in [1.29, 1.82) is 0 Å². The molecule has 1 rings (SSSR count). The number of benzene rings is 1. The van der Waals surface area contributed by atoms with E-state index in [-0.39, 0.29) is 6.61 Å². The van der Waals surface area contributed by atoms with Crippen LogP contribution in [0.2, 0.25) is 0 Å². The number of rotatable bonds is 7. The van der Waals surface area contributed by atoms with Crippen molar-refractivity contribution < 1.29 is 29.6 Å². The molecule has 6 nitrogen and oxygen atoms in total. The van der Waals surface area contributed by atoms with E-state index in [1.165, 1.54) is 6.92 Å². The molecule has 0 aliphatic heterocycles. The molecule has 0 fully saturated rings. The number of esters is 1. The molecular weight excluding hydrogens is 252 g/mol. The first-order valence-electron chi connectivity index (χ1n) is 5.89. The Bertz CT molecular complexity index is 378. The Labute approximate surface area is 111 Å². The molecule has 3 N–H and O–H groups in total. The molecule has 0 aliphatic rings. The van der Waals surface area contributed by atoms with Crippen LogP contribution in [0.15, 0.2) is 30.3 Å². The standard InChI is InChI=1S/C13H18O6/c1-9(15)12(16)19-11(7-14)8-18-13(17)10-5-3-2-4-6-10/h2-6,9,11-12,14-16H,7-8H2,1H3/t9-,11+,12+/m1/s1. The second-order valence-electron chi connectivity index (χ2n) is 4.04. The molecule has 6 heteroatoms. The van der Waals surface area contributed by atoms with E-state index in [9.17, 15) is 9.90 Å². The predicted molar refractivity (Wildman–Crippen MR) is 66.4 cm³/mol. The normalized spacial score (nSPS) is 15.6. The Kier molecular flexibility index (Phi) is 6.44. The van der Waals surface area contributed by atoms with Crippen molar-refractivity contribution in [3.63, 3.8) is 0 Å². The lowest BCUT2D eigenvalue weighted by atomic mass is 10.2. The number of carbonyl (C=O) groups excluding carboxylic acids is 1. The molecule has 3 atom stereocenters. The molecule has 19 heavy (non-hydrogen) atoms. The first-order valence-corrected chi connectivity index (χ1v) is 5.89. The highest BCUT2D eigenvalue weighted by molar-refractivity contribution is 5.89. The minimum Gasteiger partial charge on any atom is -0.459 e. The van der Waals surface area contributed by atoms with Crippen molar-refractivity contribution >= 4 is 5.97 Å². The van der Waals surface area contributed by atoms with Crippen LogP contribution in [0.1, 0.15) is 17.3 Å². The topological polar surface area (TPSA) is 96.2 Å². The molecule has 0 radical (unpaired) electrons. The maximum absolute atomic E-state index is 11.6. The summed E-state index contributed by atoms with van der Waals surface area (Å²) in [6.07, 6.45) is -3.43. The Hall–Kier alpha value is -1.47. The van der Waals surface area contributed by atoms with Gasteiger partial charge in [0.2, 0.25) is 0 Å². The van der Waals surface area contributed by atoms with Gasteiger partial charge in [0, 0.05) is 0 Å². The van der Waals surface area contributed by atoms with Crippen molar-refractivity contribution in [1.82, 2.24) is 0 Å². The van der Waals surface area contributed by atoms with Gasteiger partial charge in [-0.15, -0.1) is 0 Å². The zero-order valence-electron chi connectivity index (χ0n) is 10.6. The molecule has 0 amide bonds. The van der Waals surface area contributed by atoms with Gasteiger partial charge >= 0.3 is 5.97 Å². The van der Waals surface area contributed by atoms with Gasteiger partial charge < -0.3 is 24.8 Å². The van der Waals surface area contributed by atoms with E-state index in [0.29, 0.717) is 5.56 Å². The van der Waals surface area contributed by atoms with Crippen LogP contribution in [0.4, 0.5) is 0 Å². The van der Waals surface area contributed by atoms with Gasteiger partial charge in [-0.3, -0.25) is 0 Å². The van der Waals surface area contributed by atoms with Gasteiger partial charge in [0.15, 0.2) is 6.29 Å². The first-order chi connectivity index (χ1) is 9.04. The highest BCUT2D eigenvalue weighted by Gasteiger charge is 2.19. The molecule has 0 saturated carbocycles. The Balaban J connectivity index is 2.43. The first kappa shape index (κ1) is 15.6. The maximum atomic E-state index is 11.6. The summed E-state index contributed by atoms with van der Waals surface area (Å²) in [6, 6.07) is 8.38. The average molecular weight is 270 g/mol. The average Bonchev–Trinajstić information content (AvgIpc) is 2.43. The number of aliphatic hydroxyl groups excluding tert-OH is 3. The lowest BCUT2D eigenvalue weighted by Gasteiger charge is -2.21. The van der Waals surface area contributed by atoms with Gasteiger partial charge in [0.05, 0.1) is 12.2 Å². The molecule has 0 aromatic heterocycles. The third-order valence-corrected chi connectivity index (χ3v) is 2.36. The van der Waals surface area contributed by atoms with Gasteiger partial charge in [-0.25, -0.2) is 4.79 Å². The highest BCUT2D eigenvalue weighted by atomic mass is 16.6. The van der Waals surface area contributed by atoms with E-state index in [1.54, 1.807) is 30.3 Å². The number of ether oxygens (including phenoxy) is 2. The largest absolute Gasteiger partial charge is 0.459 e. The lowest BCUT2D eigenvalue weighted by molar-refractivity contribution is -0.197. The van der Waals surface area contributed by atoms with Gasteiger partial charge in [-0.05, 0) is 19.1 Å². The third kappa shape index (κ3) is 5.35. The van der Waals surface area contributed by atoms with Crippen molar-refractivity contribution in [3.8, 4) is 0 Å². The van der Waals surface area contributed by atoms with E-state index in [4.69, 9.17) is 19.7 Å². The number of aliphatic hydroxyl groups is 3. The summed E-state index contributed by atoms with van der Waals surface area (Å²) in [5.41, 5.74) is 0.385. The fourth-order valence-electron chi connectivity index (χ4n) is 1.27. The maximum Gasteiger partial charge on any atom is 0.338 e. The molecule has 0 saturated heterocycles. The van der Waals surface area contributed by atoms with Gasteiger partial charge in [-0.1, -0.05) is 18.2 Å². The molecule has 0 bridgehead atoms. The SMILES string of the molecule is C[C@@H](O)[C@@H](O)O[C@@H](CO)COC(=O)c1ccccc1. The second kappa shape index (κ2) is 7.85. The summed E-state index contributed by atoms with van der Waals surface area (Å²) in [4.78, 5) is 11.6. The zero-order valence-corrected chi connectivity index (χ0v) is 10.6. The monoisotopic (exact) mass is 270 g/mol. The predicted octanol–water partition coefficient (Wildman–Crippen LogP) is -0.0799. The zero-order chi connectivity index (χ0) is 14.3. The minimum atomic E-state index is -1.44. The fraction of sp³-hybridized carbons (Fsp3) is 0.462. The van der Waals surface area contributed by atoms with Crippen LogP contribution in [-0.4, -0.2) is 53.0 Å². The highest BCUT2D eigenvalue weighted by Crippen LogP contribution is 2.05. The summed E-state index contributed by atoms with van der Waals surface area (Å²) < 4.78 is 9.87. The van der Waals surface area contributed by atoms with Gasteiger partial charge in [-0.2, -0.15) is 0 Å². The summed E-state index contributed by atoms with van der Waals surface area (Å²) in [6.45, 7) is 0.689. The van der Waals surface area contributed by atoms with Crippen LogP contribution >= 0.6 is 0 Å². The molecule has 106 valence electrons. The second-order valence-corrected chi connectivity index (χ2v) is 4.04. The summed E-state index contributed by atoms with van der Waals surface area (Å²) in [5.74, 6) is -0.547. The Morgan fingerprint density at radius 3 is 2.42 bits per heavy atom. The van der Waals surface area contributed by atoms with Crippen molar-refractivity contribution in [3.05, 3.63) is 35.9 Å². The summed E-state index contributed by atoms with van der Waals surface area (Å²) in [5, 5.41) is 27.4. The lowest BCUT2D eigenvalue weighted by Crippen LogP contribution is -2.35. The molecule has 1 aromatic carbocycles. The third-order valence-electron chi connectivity index (χ3n) is 2.36. The molecule has 0 unspecified atom stereocenters. The van der Waals surface area contributed by atoms with Crippen LogP contribution in [-0.2, 0) is 9.47 Å². The van der Waals surface area contributed by atoms with E-state index >= 15 is 0 Å². The molecule has 0 spiro atoms. The molecule has 0 heterocycles. The van der Waals surface area contributed by atoms with Crippen molar-refractivity contribution in [2.75, 3.05) is 13.2 Å². The molecule has 0 aliphatic carbocycles. The molecule has 1 aromatic rings. The molecular formula is C13H18O6. The Morgan fingerprint density at radius 1 is 1.26 bits per heavy atom. The number of hydrogen-bond donors (Lipinski definition) is 3. The minimum absolute atomic E-state index is 0.214. The summed E-state index contributed by atoms with van der Waals surface area (Å²) >= 11 is 0. The Morgan fingerprint density at radius 2 is 1.89 bits per heavy atom. The van der Waals surface area contributed by atoms with Crippen LogP contribution in [0, 0.1) is 0 Å². The van der Waals surface area contributed by atoms with Crippen molar-refractivity contribution in [2.24, 2.45) is 0 Å². The number of hydrogen-bond acceptors (Lipinski definition) is 6. The van der Waals surface area contributed by atoms with Gasteiger partial charge in [0.25, 0.3) is 0 Å². The fourth-order valence-corrected chi connectivity index (χ4v) is 1.27. The quantitative estimate of drug-likeness (QED) is 0.474. The number of carbonyl (C=O) groups is 1. The van der Waals surface area contributed by atoms with E-state index in [1.807, 2.05) is 0 Å². The van der Waals surface area contributed by atoms with E-state index in [0.717, 1.165) is 0 Å². The van der Waals surface area contributed by atoms with Crippen molar-refractivity contribution in [2.45, 2.75) is 25.4 Å². The van der Waals surface area contributed by atoms with Gasteiger partial charge in [0.1, 0.15) is 18.8 Å². The van der Waals surface area contributed by atoms with E-state index < -0.39 is 31.1 Å². The van der Waals surface area contributed by atoms with E-state index in [2.05, 4.69) is 0 Å². The van der Waals surface area contributed by atoms with Crippen LogP contribution in [0.5, 0.6) is 0 Å². The smallest absolute Gasteiger partial charge is 0.338 e. The summed E-state index contributed by atoms with van der Waals surface area (Å²) in [7, 11) is 0. The van der Waals surface area contributed by atoms with Crippen LogP contribution in [0.25, 0.3) is 0 Å². The van der Waals surface area contributed by atoms with Crippen LogP contribution < -0.4 is 0 Å². The van der Waals surface area contributed by atoms with Crippen LogP contribution in [0.3, 0.4) is 0 Å².